The van der Waals surface area contributed by atoms with E-state index in [1.807, 2.05) is 0 Å². The summed E-state index contributed by atoms with van der Waals surface area (Å²) in [5, 5.41) is 0. The number of carbonyl (C=O) groups is 2. The maximum absolute atomic E-state index is 11.8. The van der Waals surface area contributed by atoms with Crippen molar-refractivity contribution in [3.8, 4) is 0 Å². The number of ether oxygens (including phenoxy) is 1. The number of aromatic amines is 1. The van der Waals surface area contributed by atoms with Gasteiger partial charge in [-0.05, 0) is 32.4 Å². The molecule has 1 atom stereocenters. The first-order chi connectivity index (χ1) is 7.85. The number of nitrogens with one attached hydrogen (secondary N) is 1. The zero-order valence-corrected chi connectivity index (χ0v) is 10.6. The minimum Gasteiger partial charge on any atom is -0.444 e. The molecule has 1 aromatic rings. The molecular weight excluding hydrogens is 220 g/mol. The van der Waals surface area contributed by atoms with Crippen molar-refractivity contribution in [2.24, 2.45) is 0 Å². The maximum atomic E-state index is 11.8. The number of aromatic nitrogens is 1. The number of hydrogen-bond acceptors (Lipinski definition) is 3. The van der Waals surface area contributed by atoms with Gasteiger partial charge in [-0.3, -0.25) is 4.90 Å². The van der Waals surface area contributed by atoms with E-state index in [-0.39, 0.29) is 0 Å². The minimum absolute atomic E-state index is 0.518. The standard InChI is InChI=1S/C12H18N2O3/c1-12(2,3)17-11(16)14(4)10(8-15)9-5-6-13-7-9/h5-8,10,13H,1-4H3. The number of aldehydes is 1. The van der Waals surface area contributed by atoms with E-state index in [9.17, 15) is 9.59 Å². The molecular formula is C12H18N2O3. The zero-order chi connectivity index (χ0) is 13.1. The smallest absolute Gasteiger partial charge is 0.410 e. The molecule has 0 aliphatic heterocycles. The average Bonchev–Trinajstić information content (AvgIpc) is 2.69. The molecule has 17 heavy (non-hydrogen) atoms. The summed E-state index contributed by atoms with van der Waals surface area (Å²) in [6.45, 7) is 5.35. The van der Waals surface area contributed by atoms with Crippen LogP contribution in [-0.4, -0.2) is 34.9 Å². The second-order valence-corrected chi connectivity index (χ2v) is 4.82. The lowest BCUT2D eigenvalue weighted by atomic mass is 10.1. The van der Waals surface area contributed by atoms with Gasteiger partial charge in [-0.1, -0.05) is 0 Å². The molecule has 0 spiro atoms. The SMILES string of the molecule is CN(C(=O)OC(C)(C)C)C(C=O)c1cc[nH]c1. The third-order valence-corrected chi connectivity index (χ3v) is 2.19. The molecule has 0 aliphatic rings. The number of rotatable bonds is 3. The first-order valence-corrected chi connectivity index (χ1v) is 5.39. The van der Waals surface area contributed by atoms with E-state index >= 15 is 0 Å². The van der Waals surface area contributed by atoms with Gasteiger partial charge in [0.05, 0.1) is 0 Å². The lowest BCUT2D eigenvalue weighted by molar-refractivity contribution is -0.112. The highest BCUT2D eigenvalue weighted by atomic mass is 16.6. The van der Waals surface area contributed by atoms with Crippen molar-refractivity contribution in [1.29, 1.82) is 0 Å². The van der Waals surface area contributed by atoms with Crippen LogP contribution >= 0.6 is 0 Å². The van der Waals surface area contributed by atoms with E-state index in [0.29, 0.717) is 6.29 Å². The molecule has 0 fully saturated rings. The van der Waals surface area contributed by atoms with Gasteiger partial charge < -0.3 is 14.5 Å². The van der Waals surface area contributed by atoms with E-state index in [1.54, 1.807) is 46.3 Å². The molecule has 0 bridgehead atoms. The van der Waals surface area contributed by atoms with Crippen molar-refractivity contribution in [2.75, 3.05) is 7.05 Å². The van der Waals surface area contributed by atoms with Gasteiger partial charge in [-0.2, -0.15) is 0 Å². The van der Waals surface area contributed by atoms with E-state index < -0.39 is 17.7 Å². The fraction of sp³-hybridized carbons (Fsp3) is 0.500. The topological polar surface area (TPSA) is 62.4 Å². The van der Waals surface area contributed by atoms with Crippen LogP contribution < -0.4 is 0 Å². The molecule has 5 nitrogen and oxygen atoms in total. The summed E-state index contributed by atoms with van der Waals surface area (Å²) in [6, 6.07) is 1.12. The first-order valence-electron chi connectivity index (χ1n) is 5.39. The molecule has 1 unspecified atom stereocenters. The van der Waals surface area contributed by atoms with Gasteiger partial charge in [-0.15, -0.1) is 0 Å². The molecule has 1 amide bonds. The van der Waals surface area contributed by atoms with E-state index in [4.69, 9.17) is 4.74 Å². The van der Waals surface area contributed by atoms with Crippen LogP contribution in [0.3, 0.4) is 0 Å². The van der Waals surface area contributed by atoms with Gasteiger partial charge in [0.25, 0.3) is 0 Å². The van der Waals surface area contributed by atoms with Crippen molar-refractivity contribution >= 4 is 12.4 Å². The molecule has 0 saturated heterocycles. The summed E-state index contributed by atoms with van der Waals surface area (Å²) < 4.78 is 5.20. The van der Waals surface area contributed by atoms with Gasteiger partial charge >= 0.3 is 6.09 Å². The Morgan fingerprint density at radius 2 is 2.18 bits per heavy atom. The van der Waals surface area contributed by atoms with Crippen LogP contribution in [0.5, 0.6) is 0 Å². The highest BCUT2D eigenvalue weighted by Gasteiger charge is 2.26. The van der Waals surface area contributed by atoms with Gasteiger partial charge in [-0.25, -0.2) is 4.79 Å². The monoisotopic (exact) mass is 238 g/mol. The van der Waals surface area contributed by atoms with Crippen LogP contribution in [0.15, 0.2) is 18.5 Å². The fourth-order valence-corrected chi connectivity index (χ4v) is 1.36. The van der Waals surface area contributed by atoms with Crippen molar-refractivity contribution in [1.82, 2.24) is 9.88 Å². The number of likely N-dealkylation sites (N-methyl/N-ethyl adjacent to an activating group) is 1. The fourth-order valence-electron chi connectivity index (χ4n) is 1.36. The molecule has 1 N–H and O–H groups in total. The number of hydrogen-bond donors (Lipinski definition) is 1. The van der Waals surface area contributed by atoms with Crippen LogP contribution in [0.1, 0.15) is 32.4 Å². The Morgan fingerprint density at radius 1 is 1.53 bits per heavy atom. The number of carbonyl (C=O) groups excluding carboxylic acids is 2. The van der Waals surface area contributed by atoms with Crippen molar-refractivity contribution in [3.63, 3.8) is 0 Å². The van der Waals surface area contributed by atoms with Crippen molar-refractivity contribution in [3.05, 3.63) is 24.0 Å². The largest absolute Gasteiger partial charge is 0.444 e. The molecule has 0 saturated carbocycles. The summed E-state index contributed by atoms with van der Waals surface area (Å²) in [5.74, 6) is 0. The third kappa shape index (κ3) is 3.62. The lowest BCUT2D eigenvalue weighted by Crippen LogP contribution is -2.37. The molecule has 0 radical (unpaired) electrons. The Balaban J connectivity index is 2.77. The van der Waals surface area contributed by atoms with Crippen molar-refractivity contribution < 1.29 is 14.3 Å². The molecule has 1 aromatic heterocycles. The first kappa shape index (κ1) is 13.3. The molecule has 0 aliphatic carbocycles. The predicted octanol–water partition coefficient (Wildman–Crippen LogP) is 2.12. The van der Waals surface area contributed by atoms with Crippen LogP contribution in [0, 0.1) is 0 Å². The maximum Gasteiger partial charge on any atom is 0.410 e. The summed E-state index contributed by atoms with van der Waals surface area (Å²) in [6.07, 6.45) is 3.58. The van der Waals surface area contributed by atoms with E-state index in [2.05, 4.69) is 4.98 Å². The summed E-state index contributed by atoms with van der Waals surface area (Å²) in [4.78, 5) is 27.0. The minimum atomic E-state index is -0.629. The van der Waals surface area contributed by atoms with Gasteiger partial charge in [0, 0.05) is 19.4 Å². The van der Waals surface area contributed by atoms with Crippen LogP contribution in [-0.2, 0) is 9.53 Å². The molecule has 0 aromatic carbocycles. The van der Waals surface area contributed by atoms with Crippen molar-refractivity contribution in [2.45, 2.75) is 32.4 Å². The molecule has 5 heteroatoms. The molecule has 1 heterocycles. The number of nitrogens with zero attached hydrogens (tertiary/aromatic N) is 1. The summed E-state index contributed by atoms with van der Waals surface area (Å²) in [7, 11) is 1.54. The van der Waals surface area contributed by atoms with Gasteiger partial charge in [0.1, 0.15) is 17.9 Å². The van der Waals surface area contributed by atoms with Gasteiger partial charge in [0.15, 0.2) is 0 Å². The predicted molar refractivity (Wildman–Crippen MR) is 63.6 cm³/mol. The Hall–Kier alpha value is -1.78. The summed E-state index contributed by atoms with van der Waals surface area (Å²) in [5.41, 5.74) is 0.157. The highest BCUT2D eigenvalue weighted by molar-refractivity contribution is 5.74. The quantitative estimate of drug-likeness (QED) is 0.820. The number of H-pyrrole nitrogens is 1. The lowest BCUT2D eigenvalue weighted by Gasteiger charge is -2.27. The van der Waals surface area contributed by atoms with Gasteiger partial charge in [0.2, 0.25) is 0 Å². The van der Waals surface area contributed by atoms with E-state index in [1.165, 1.54) is 4.90 Å². The molecule has 94 valence electrons. The summed E-state index contributed by atoms with van der Waals surface area (Å²) >= 11 is 0. The van der Waals surface area contributed by atoms with E-state index in [0.717, 1.165) is 5.56 Å². The Kier molecular flexibility index (Phi) is 3.93. The number of amides is 1. The Bertz CT molecular complexity index is 379. The average molecular weight is 238 g/mol. The van der Waals surface area contributed by atoms with Crippen LogP contribution in [0.2, 0.25) is 0 Å². The van der Waals surface area contributed by atoms with Crippen LogP contribution in [0.25, 0.3) is 0 Å². The molecule has 1 rings (SSSR count). The Labute approximate surface area is 101 Å². The second kappa shape index (κ2) is 5.03. The Morgan fingerprint density at radius 3 is 2.59 bits per heavy atom. The zero-order valence-electron chi connectivity index (χ0n) is 10.6. The normalized spacial score (nSPS) is 12.9. The highest BCUT2D eigenvalue weighted by Crippen LogP contribution is 2.19. The second-order valence-electron chi connectivity index (χ2n) is 4.82. The third-order valence-electron chi connectivity index (χ3n) is 2.19. The van der Waals surface area contributed by atoms with Crippen LogP contribution in [0.4, 0.5) is 4.79 Å².